The van der Waals surface area contributed by atoms with Crippen molar-refractivity contribution in [1.82, 2.24) is 9.88 Å². The van der Waals surface area contributed by atoms with Crippen LogP contribution >= 0.6 is 0 Å². The molecule has 3 N–H and O–H groups in total. The van der Waals surface area contributed by atoms with E-state index in [9.17, 15) is 19.5 Å². The van der Waals surface area contributed by atoms with Gasteiger partial charge in [-0.15, -0.1) is 0 Å². The average molecular weight is 421 g/mol. The Kier molecular flexibility index (Phi) is 4.86. The van der Waals surface area contributed by atoms with Gasteiger partial charge in [-0.1, -0.05) is 6.07 Å². The molecular formula is C23H23N3O5. The van der Waals surface area contributed by atoms with Crippen molar-refractivity contribution in [2.45, 2.75) is 25.7 Å². The Morgan fingerprint density at radius 3 is 2.58 bits per heavy atom. The van der Waals surface area contributed by atoms with Crippen LogP contribution in [0.5, 0.6) is 0 Å². The first-order chi connectivity index (χ1) is 15.0. The smallest absolute Gasteiger partial charge is 0.335 e. The van der Waals surface area contributed by atoms with E-state index < -0.39 is 5.97 Å². The fourth-order valence-electron chi connectivity index (χ4n) is 4.61. The van der Waals surface area contributed by atoms with Gasteiger partial charge >= 0.3 is 5.97 Å². The fourth-order valence-corrected chi connectivity index (χ4v) is 4.61. The number of aromatic amines is 1. The lowest BCUT2D eigenvalue weighted by Crippen LogP contribution is -2.41. The summed E-state index contributed by atoms with van der Waals surface area (Å²) in [6, 6.07) is 4.61. The van der Waals surface area contributed by atoms with Gasteiger partial charge in [0.25, 0.3) is 11.8 Å². The summed E-state index contributed by atoms with van der Waals surface area (Å²) in [4.78, 5) is 42.2. The van der Waals surface area contributed by atoms with E-state index in [2.05, 4.69) is 10.3 Å². The maximum Gasteiger partial charge on any atom is 0.335 e. The van der Waals surface area contributed by atoms with E-state index in [4.69, 9.17) is 4.74 Å². The Morgan fingerprint density at radius 1 is 1.10 bits per heavy atom. The van der Waals surface area contributed by atoms with Crippen molar-refractivity contribution in [3.8, 4) is 0 Å². The molecule has 0 spiro atoms. The molecule has 2 aromatic rings. The highest BCUT2D eigenvalue weighted by molar-refractivity contribution is 6.35. The van der Waals surface area contributed by atoms with E-state index in [-0.39, 0.29) is 17.4 Å². The van der Waals surface area contributed by atoms with Crippen LogP contribution in [0.2, 0.25) is 0 Å². The summed E-state index contributed by atoms with van der Waals surface area (Å²) in [5, 5.41) is 12.0. The second kappa shape index (κ2) is 7.70. The molecule has 160 valence electrons. The minimum atomic E-state index is -1.04. The highest BCUT2D eigenvalue weighted by Crippen LogP contribution is 2.36. The Labute approximate surface area is 178 Å². The first kappa shape index (κ1) is 19.6. The van der Waals surface area contributed by atoms with Crippen LogP contribution in [0.15, 0.2) is 18.2 Å². The minimum absolute atomic E-state index is 0.0199. The first-order valence-electron chi connectivity index (χ1n) is 10.5. The second-order valence-corrected chi connectivity index (χ2v) is 8.06. The molecule has 0 atom stereocenters. The molecule has 0 saturated carbocycles. The van der Waals surface area contributed by atoms with Gasteiger partial charge in [0.1, 0.15) is 5.69 Å². The van der Waals surface area contributed by atoms with Gasteiger partial charge in [-0.25, -0.2) is 4.79 Å². The number of amides is 2. The number of H-pyrrole nitrogens is 1. The number of fused-ring (bicyclic) bond motifs is 2. The molecule has 1 aromatic heterocycles. The Hall–Kier alpha value is -3.39. The van der Waals surface area contributed by atoms with Crippen molar-refractivity contribution < 1.29 is 24.2 Å². The van der Waals surface area contributed by atoms with E-state index in [1.54, 1.807) is 12.1 Å². The van der Waals surface area contributed by atoms with Crippen molar-refractivity contribution in [2.75, 3.05) is 31.6 Å². The predicted octanol–water partition coefficient (Wildman–Crippen LogP) is 2.56. The fraction of sp³-hybridized carbons (Fsp3) is 0.348. The Morgan fingerprint density at radius 2 is 1.84 bits per heavy atom. The number of aromatic nitrogens is 1. The summed E-state index contributed by atoms with van der Waals surface area (Å²) in [7, 11) is 0. The SMILES string of the molecule is O=C1Nc2cc(C(=O)O)ccc2C1=Cc1[nH]c(C(=O)N2CCOCC2)c2c1CCCC2. The summed E-state index contributed by atoms with van der Waals surface area (Å²) in [5.74, 6) is -1.34. The van der Waals surface area contributed by atoms with Crippen molar-refractivity contribution >= 4 is 35.1 Å². The topological polar surface area (TPSA) is 112 Å². The van der Waals surface area contributed by atoms with Crippen molar-refractivity contribution in [3.05, 3.63) is 51.8 Å². The number of anilines is 1. The Bertz CT molecular complexity index is 1120. The average Bonchev–Trinajstić information content (AvgIpc) is 3.31. The third-order valence-electron chi connectivity index (χ3n) is 6.20. The number of hydrogen-bond acceptors (Lipinski definition) is 4. The number of aromatic carboxylic acids is 1. The van der Waals surface area contributed by atoms with E-state index in [1.165, 1.54) is 12.1 Å². The number of nitrogens with zero attached hydrogens (tertiary/aromatic N) is 1. The highest BCUT2D eigenvalue weighted by atomic mass is 16.5. The molecule has 8 nitrogen and oxygen atoms in total. The maximum atomic E-state index is 13.2. The number of carboxylic acids is 1. The summed E-state index contributed by atoms with van der Waals surface area (Å²) < 4.78 is 5.37. The monoisotopic (exact) mass is 421 g/mol. The molecule has 8 heteroatoms. The zero-order chi connectivity index (χ0) is 21.5. The standard InChI is InChI=1S/C23H23N3O5/c27-21-17(15-6-5-13(23(29)30)11-18(15)25-21)12-19-14-3-1-2-4-16(14)20(24-19)22(28)26-7-9-31-10-8-26/h5-6,11-12,24H,1-4,7-10H2,(H,25,27)(H,29,30). The Balaban J connectivity index is 1.55. The normalized spacial score (nSPS) is 19.2. The van der Waals surface area contributed by atoms with Gasteiger partial charge in [0.15, 0.2) is 0 Å². The third kappa shape index (κ3) is 3.42. The molecule has 0 radical (unpaired) electrons. The van der Waals surface area contributed by atoms with Crippen LogP contribution in [0.4, 0.5) is 5.69 Å². The van der Waals surface area contributed by atoms with Gasteiger partial charge in [-0.3, -0.25) is 9.59 Å². The molecule has 0 unspecified atom stereocenters. The van der Waals surface area contributed by atoms with Gasteiger partial charge < -0.3 is 25.0 Å². The molecule has 1 aromatic carbocycles. The highest BCUT2D eigenvalue weighted by Gasteiger charge is 2.30. The number of hydrogen-bond donors (Lipinski definition) is 3. The molecule has 1 saturated heterocycles. The predicted molar refractivity (Wildman–Crippen MR) is 114 cm³/mol. The zero-order valence-corrected chi connectivity index (χ0v) is 17.0. The van der Waals surface area contributed by atoms with E-state index in [0.717, 1.165) is 42.5 Å². The molecular weight excluding hydrogens is 398 g/mol. The van der Waals surface area contributed by atoms with Crippen molar-refractivity contribution in [3.63, 3.8) is 0 Å². The van der Waals surface area contributed by atoms with Crippen LogP contribution in [0.1, 0.15) is 56.1 Å². The van der Waals surface area contributed by atoms with Crippen LogP contribution in [0.3, 0.4) is 0 Å². The summed E-state index contributed by atoms with van der Waals surface area (Å²) in [6.07, 6.45) is 5.56. The third-order valence-corrected chi connectivity index (χ3v) is 6.20. The van der Waals surface area contributed by atoms with Gasteiger partial charge in [-0.05, 0) is 55.0 Å². The van der Waals surface area contributed by atoms with Crippen molar-refractivity contribution in [2.24, 2.45) is 0 Å². The lowest BCUT2D eigenvalue weighted by atomic mass is 9.91. The molecule has 1 fully saturated rings. The number of carboxylic acid groups (broad SMARTS) is 1. The number of nitrogens with one attached hydrogen (secondary N) is 2. The van der Waals surface area contributed by atoms with Crippen LogP contribution < -0.4 is 5.32 Å². The zero-order valence-electron chi connectivity index (χ0n) is 17.0. The van der Waals surface area contributed by atoms with E-state index in [1.807, 2.05) is 4.90 Å². The first-order valence-corrected chi connectivity index (χ1v) is 10.5. The molecule has 5 rings (SSSR count). The molecule has 2 aliphatic heterocycles. The van der Waals surface area contributed by atoms with Crippen LogP contribution in [0, 0.1) is 0 Å². The van der Waals surface area contributed by atoms with Gasteiger partial charge in [0.2, 0.25) is 0 Å². The second-order valence-electron chi connectivity index (χ2n) is 8.06. The van der Waals surface area contributed by atoms with Crippen LogP contribution in [-0.2, 0) is 22.4 Å². The molecule has 0 bridgehead atoms. The van der Waals surface area contributed by atoms with Gasteiger partial charge in [-0.2, -0.15) is 0 Å². The quantitative estimate of drug-likeness (QED) is 0.660. The lowest BCUT2D eigenvalue weighted by Gasteiger charge is -2.27. The molecule has 31 heavy (non-hydrogen) atoms. The van der Waals surface area contributed by atoms with Crippen molar-refractivity contribution in [1.29, 1.82) is 0 Å². The number of ether oxygens (including phenoxy) is 1. The van der Waals surface area contributed by atoms with Gasteiger partial charge in [0, 0.05) is 30.0 Å². The van der Waals surface area contributed by atoms with E-state index >= 15 is 0 Å². The number of carbonyl (C=O) groups is 3. The largest absolute Gasteiger partial charge is 0.478 e. The number of morpholine rings is 1. The van der Waals surface area contributed by atoms with Crippen LogP contribution in [-0.4, -0.2) is 59.1 Å². The summed E-state index contributed by atoms with van der Waals surface area (Å²) in [6.45, 7) is 2.23. The minimum Gasteiger partial charge on any atom is -0.478 e. The molecule has 3 aliphatic rings. The number of rotatable bonds is 3. The van der Waals surface area contributed by atoms with E-state index in [0.29, 0.717) is 48.8 Å². The molecule has 1 aliphatic carbocycles. The summed E-state index contributed by atoms with van der Waals surface area (Å²) in [5.41, 5.74) is 5.28. The maximum absolute atomic E-state index is 13.2. The lowest BCUT2D eigenvalue weighted by molar-refractivity contribution is -0.110. The summed E-state index contributed by atoms with van der Waals surface area (Å²) >= 11 is 0. The van der Waals surface area contributed by atoms with Crippen LogP contribution in [0.25, 0.3) is 11.6 Å². The molecule has 2 amide bonds. The number of carbonyl (C=O) groups excluding carboxylic acids is 2. The van der Waals surface area contributed by atoms with Gasteiger partial charge in [0.05, 0.1) is 24.4 Å². The molecule has 3 heterocycles. The number of benzene rings is 1.